The van der Waals surface area contributed by atoms with Crippen LogP contribution in [0.2, 0.25) is 0 Å². The molecule has 0 radical (unpaired) electrons. The molecule has 14 heavy (non-hydrogen) atoms. The second kappa shape index (κ2) is 8.25. The van der Waals surface area contributed by atoms with Crippen molar-refractivity contribution in [3.63, 3.8) is 0 Å². The number of nitrogens with zero attached hydrogens (tertiary/aromatic N) is 1. The molecule has 0 bridgehead atoms. The van der Waals surface area contributed by atoms with Gasteiger partial charge in [-0.25, -0.2) is 0 Å². The SMILES string of the molecule is CCCCCC[N+](CC)(CC)CCO. The molecule has 86 valence electrons. The Morgan fingerprint density at radius 3 is 1.93 bits per heavy atom. The molecular formula is C12H28NO+. The van der Waals surface area contributed by atoms with E-state index in [1.54, 1.807) is 0 Å². The third-order valence-corrected chi connectivity index (χ3v) is 3.40. The van der Waals surface area contributed by atoms with Gasteiger partial charge >= 0.3 is 0 Å². The van der Waals surface area contributed by atoms with Gasteiger partial charge in [0.05, 0.1) is 26.2 Å². The van der Waals surface area contributed by atoms with E-state index in [-0.39, 0.29) is 0 Å². The topological polar surface area (TPSA) is 20.2 Å². The summed E-state index contributed by atoms with van der Waals surface area (Å²) in [5.74, 6) is 0. The van der Waals surface area contributed by atoms with E-state index in [1.807, 2.05) is 0 Å². The van der Waals surface area contributed by atoms with Crippen LogP contribution in [0.3, 0.4) is 0 Å². The van der Waals surface area contributed by atoms with Gasteiger partial charge in [0, 0.05) is 0 Å². The van der Waals surface area contributed by atoms with E-state index >= 15 is 0 Å². The Bertz CT molecular complexity index is 121. The molecule has 0 aromatic rings. The fourth-order valence-electron chi connectivity index (χ4n) is 2.05. The zero-order valence-corrected chi connectivity index (χ0v) is 10.3. The van der Waals surface area contributed by atoms with Crippen molar-refractivity contribution in [1.82, 2.24) is 0 Å². The molecule has 0 atom stereocenters. The van der Waals surface area contributed by atoms with Crippen LogP contribution in [0.5, 0.6) is 0 Å². The second-order valence-electron chi connectivity index (χ2n) is 4.21. The van der Waals surface area contributed by atoms with Crippen LogP contribution < -0.4 is 0 Å². The van der Waals surface area contributed by atoms with Gasteiger partial charge < -0.3 is 9.59 Å². The van der Waals surface area contributed by atoms with Crippen molar-refractivity contribution in [3.05, 3.63) is 0 Å². The van der Waals surface area contributed by atoms with Crippen LogP contribution in [0.25, 0.3) is 0 Å². The molecule has 0 rings (SSSR count). The number of aliphatic hydroxyl groups excluding tert-OH is 1. The first kappa shape index (κ1) is 13.9. The smallest absolute Gasteiger partial charge is 0.102 e. The van der Waals surface area contributed by atoms with E-state index in [4.69, 9.17) is 5.11 Å². The monoisotopic (exact) mass is 202 g/mol. The molecule has 0 fully saturated rings. The van der Waals surface area contributed by atoms with Crippen molar-refractivity contribution >= 4 is 0 Å². The summed E-state index contributed by atoms with van der Waals surface area (Å²) < 4.78 is 1.10. The predicted octanol–water partition coefficient (Wildman–Crippen LogP) is 2.42. The third-order valence-electron chi connectivity index (χ3n) is 3.40. The summed E-state index contributed by atoms with van der Waals surface area (Å²) in [6.45, 7) is 11.5. The maximum Gasteiger partial charge on any atom is 0.102 e. The average Bonchev–Trinajstić information content (AvgIpc) is 2.23. The van der Waals surface area contributed by atoms with Crippen LogP contribution in [0.15, 0.2) is 0 Å². The van der Waals surface area contributed by atoms with Gasteiger partial charge in [-0.1, -0.05) is 19.8 Å². The van der Waals surface area contributed by atoms with E-state index in [2.05, 4.69) is 20.8 Å². The van der Waals surface area contributed by atoms with Crippen LogP contribution in [0.1, 0.15) is 46.5 Å². The number of aliphatic hydroxyl groups is 1. The maximum absolute atomic E-state index is 9.05. The van der Waals surface area contributed by atoms with Crippen LogP contribution in [0.4, 0.5) is 0 Å². The van der Waals surface area contributed by atoms with Gasteiger partial charge in [0.25, 0.3) is 0 Å². The number of hydrogen-bond acceptors (Lipinski definition) is 1. The number of likely N-dealkylation sites (N-methyl/N-ethyl adjacent to an activating group) is 1. The number of unbranched alkanes of at least 4 members (excludes halogenated alkanes) is 3. The summed E-state index contributed by atoms with van der Waals surface area (Å²) in [6.07, 6.45) is 5.32. The van der Waals surface area contributed by atoms with E-state index in [1.165, 1.54) is 32.2 Å². The number of hydrogen-bond donors (Lipinski definition) is 1. The van der Waals surface area contributed by atoms with Crippen LogP contribution in [-0.4, -0.2) is 42.4 Å². The van der Waals surface area contributed by atoms with E-state index in [9.17, 15) is 0 Å². The zero-order chi connectivity index (χ0) is 10.9. The predicted molar refractivity (Wildman–Crippen MR) is 62.3 cm³/mol. The Hall–Kier alpha value is -0.0800. The Morgan fingerprint density at radius 1 is 0.857 bits per heavy atom. The summed E-state index contributed by atoms with van der Waals surface area (Å²) in [5.41, 5.74) is 0. The molecule has 0 saturated carbocycles. The summed E-state index contributed by atoms with van der Waals surface area (Å²) >= 11 is 0. The Kier molecular flexibility index (Phi) is 8.20. The third kappa shape index (κ3) is 4.97. The number of quaternary nitrogens is 1. The van der Waals surface area contributed by atoms with Gasteiger partial charge in [-0.05, 0) is 26.7 Å². The first-order valence-electron chi connectivity index (χ1n) is 6.20. The molecule has 0 aliphatic rings. The van der Waals surface area contributed by atoms with Crippen molar-refractivity contribution in [1.29, 1.82) is 0 Å². The lowest BCUT2D eigenvalue weighted by atomic mass is 10.2. The van der Waals surface area contributed by atoms with Crippen LogP contribution >= 0.6 is 0 Å². The van der Waals surface area contributed by atoms with Gasteiger partial charge in [-0.3, -0.25) is 0 Å². The molecule has 2 nitrogen and oxygen atoms in total. The van der Waals surface area contributed by atoms with Crippen molar-refractivity contribution in [2.45, 2.75) is 46.5 Å². The normalized spacial score (nSPS) is 12.0. The highest BCUT2D eigenvalue weighted by molar-refractivity contribution is 4.44. The van der Waals surface area contributed by atoms with Crippen molar-refractivity contribution in [2.75, 3.05) is 32.8 Å². The van der Waals surface area contributed by atoms with Gasteiger partial charge in [0.1, 0.15) is 6.54 Å². The summed E-state index contributed by atoms with van der Waals surface area (Å²) in [6, 6.07) is 0. The highest BCUT2D eigenvalue weighted by atomic mass is 16.3. The standard InChI is InChI=1S/C12H28NO/c1-4-7-8-9-10-13(5-2,6-3)11-12-14/h14H,4-12H2,1-3H3/q+1. The van der Waals surface area contributed by atoms with Crippen LogP contribution in [-0.2, 0) is 0 Å². The summed E-state index contributed by atoms with van der Waals surface area (Å²) in [4.78, 5) is 0. The molecule has 0 aliphatic carbocycles. The van der Waals surface area contributed by atoms with Gasteiger partial charge in [0.2, 0.25) is 0 Å². The Morgan fingerprint density at radius 2 is 1.50 bits per heavy atom. The molecule has 0 heterocycles. The largest absolute Gasteiger partial charge is 0.391 e. The van der Waals surface area contributed by atoms with Crippen molar-refractivity contribution in [3.8, 4) is 0 Å². The van der Waals surface area contributed by atoms with Gasteiger partial charge in [0.15, 0.2) is 0 Å². The Labute approximate surface area is 89.5 Å². The molecule has 0 saturated heterocycles. The van der Waals surface area contributed by atoms with Gasteiger partial charge in [-0.2, -0.15) is 0 Å². The molecule has 0 spiro atoms. The maximum atomic E-state index is 9.05. The molecule has 0 aromatic carbocycles. The zero-order valence-electron chi connectivity index (χ0n) is 10.3. The van der Waals surface area contributed by atoms with Crippen molar-refractivity contribution < 1.29 is 9.59 Å². The molecular weight excluding hydrogens is 174 g/mol. The Balaban J connectivity index is 3.82. The van der Waals surface area contributed by atoms with E-state index in [0.717, 1.165) is 24.1 Å². The lowest BCUT2D eigenvalue weighted by Gasteiger charge is -2.36. The average molecular weight is 202 g/mol. The molecule has 0 aliphatic heterocycles. The minimum absolute atomic E-state index is 0.329. The number of rotatable bonds is 9. The second-order valence-corrected chi connectivity index (χ2v) is 4.21. The lowest BCUT2D eigenvalue weighted by Crippen LogP contribution is -2.50. The quantitative estimate of drug-likeness (QED) is 0.450. The highest BCUT2D eigenvalue weighted by Crippen LogP contribution is 2.10. The molecule has 0 unspecified atom stereocenters. The summed E-state index contributed by atoms with van der Waals surface area (Å²) in [5, 5.41) is 9.05. The first-order valence-corrected chi connectivity index (χ1v) is 6.20. The molecule has 2 heteroatoms. The first-order chi connectivity index (χ1) is 6.74. The molecule has 0 amide bonds. The minimum atomic E-state index is 0.329. The van der Waals surface area contributed by atoms with E-state index < -0.39 is 0 Å². The van der Waals surface area contributed by atoms with E-state index in [0.29, 0.717) is 6.61 Å². The highest BCUT2D eigenvalue weighted by Gasteiger charge is 2.21. The molecule has 0 aromatic heterocycles. The van der Waals surface area contributed by atoms with Crippen LogP contribution in [0, 0.1) is 0 Å². The summed E-state index contributed by atoms with van der Waals surface area (Å²) in [7, 11) is 0. The minimum Gasteiger partial charge on any atom is -0.391 e. The molecule has 1 N–H and O–H groups in total. The fraction of sp³-hybridized carbons (Fsp3) is 1.00. The van der Waals surface area contributed by atoms with Crippen molar-refractivity contribution in [2.24, 2.45) is 0 Å². The lowest BCUT2D eigenvalue weighted by molar-refractivity contribution is -0.925. The fourth-order valence-corrected chi connectivity index (χ4v) is 2.05. The van der Waals surface area contributed by atoms with Gasteiger partial charge in [-0.15, -0.1) is 0 Å².